The first kappa shape index (κ1) is 17.1. The van der Waals surface area contributed by atoms with Crippen LogP contribution >= 0.6 is 0 Å². The Balaban J connectivity index is 1.47. The van der Waals surface area contributed by atoms with Gasteiger partial charge in [0.2, 0.25) is 11.8 Å². The summed E-state index contributed by atoms with van der Waals surface area (Å²) in [7, 11) is 0. The second-order valence-electron chi connectivity index (χ2n) is 6.87. The van der Waals surface area contributed by atoms with E-state index in [0.29, 0.717) is 30.8 Å². The smallest absolute Gasteiger partial charge is 0.255 e. The third-order valence-corrected chi connectivity index (χ3v) is 4.97. The van der Waals surface area contributed by atoms with Gasteiger partial charge in [-0.25, -0.2) is 0 Å². The Morgan fingerprint density at radius 2 is 2.00 bits per heavy atom. The molecule has 7 nitrogen and oxygen atoms in total. The Morgan fingerprint density at radius 3 is 2.78 bits per heavy atom. The first-order valence-electron chi connectivity index (χ1n) is 8.87. The highest BCUT2D eigenvalue weighted by atomic mass is 16.2. The zero-order chi connectivity index (χ0) is 19.0. The predicted octanol–water partition coefficient (Wildman–Crippen LogP) is 1.64. The number of carbonyl (C=O) groups excluding carboxylic acids is 3. The summed E-state index contributed by atoms with van der Waals surface area (Å²) in [4.78, 5) is 37.7. The molecule has 4 N–H and O–H groups in total. The van der Waals surface area contributed by atoms with Crippen molar-refractivity contribution in [3.05, 3.63) is 59.2 Å². The maximum Gasteiger partial charge on any atom is 0.255 e. The highest BCUT2D eigenvalue weighted by molar-refractivity contribution is 6.05. The fourth-order valence-electron chi connectivity index (χ4n) is 3.59. The van der Waals surface area contributed by atoms with E-state index in [0.717, 1.165) is 16.8 Å². The van der Waals surface area contributed by atoms with Crippen molar-refractivity contribution in [1.29, 1.82) is 0 Å². The summed E-state index contributed by atoms with van der Waals surface area (Å²) in [5.41, 5.74) is 9.96. The van der Waals surface area contributed by atoms with Gasteiger partial charge >= 0.3 is 0 Å². The van der Waals surface area contributed by atoms with Crippen molar-refractivity contribution in [2.24, 2.45) is 0 Å². The Morgan fingerprint density at radius 1 is 1.15 bits per heavy atom. The largest absolute Gasteiger partial charge is 0.399 e. The van der Waals surface area contributed by atoms with E-state index in [-0.39, 0.29) is 18.2 Å². The first-order chi connectivity index (χ1) is 13.0. The summed E-state index contributed by atoms with van der Waals surface area (Å²) in [6.07, 6.45) is 0.625. The minimum atomic E-state index is -0.587. The summed E-state index contributed by atoms with van der Waals surface area (Å²) in [6, 6.07) is 12.6. The summed E-state index contributed by atoms with van der Waals surface area (Å²) in [5.74, 6) is -0.832. The monoisotopic (exact) mass is 364 g/mol. The molecule has 0 spiro atoms. The SMILES string of the molecule is Nc1cccc(NCc2ccc3c(c2)CN(C2CCC(=O)NC2=O)C3=O)c1. The number of benzene rings is 2. The summed E-state index contributed by atoms with van der Waals surface area (Å²) >= 11 is 0. The average Bonchev–Trinajstić information content (AvgIpc) is 2.96. The van der Waals surface area contributed by atoms with Crippen molar-refractivity contribution in [2.45, 2.75) is 32.0 Å². The molecule has 2 heterocycles. The summed E-state index contributed by atoms with van der Waals surface area (Å²) < 4.78 is 0. The number of nitrogens with zero attached hydrogens (tertiary/aromatic N) is 1. The number of nitrogens with two attached hydrogens (primary N) is 1. The lowest BCUT2D eigenvalue weighted by Gasteiger charge is -2.29. The summed E-state index contributed by atoms with van der Waals surface area (Å²) in [6.45, 7) is 0.982. The maximum absolute atomic E-state index is 12.7. The Bertz CT molecular complexity index is 941. The standard InChI is InChI=1S/C20H20N4O3/c21-14-2-1-3-15(9-14)22-10-12-4-5-16-13(8-12)11-24(20(16)27)17-6-7-18(25)23-19(17)26/h1-5,8-9,17,22H,6-7,10-11,21H2,(H,23,25,26). The van der Waals surface area contributed by atoms with E-state index in [1.165, 1.54) is 0 Å². The number of nitrogen functional groups attached to an aromatic ring is 1. The first-order valence-corrected chi connectivity index (χ1v) is 8.87. The lowest BCUT2D eigenvalue weighted by molar-refractivity contribution is -0.136. The van der Waals surface area contributed by atoms with E-state index in [1.54, 1.807) is 11.0 Å². The van der Waals surface area contributed by atoms with E-state index in [2.05, 4.69) is 10.6 Å². The molecule has 2 aliphatic heterocycles. The molecular weight excluding hydrogens is 344 g/mol. The molecule has 1 saturated heterocycles. The number of imide groups is 1. The fourth-order valence-corrected chi connectivity index (χ4v) is 3.59. The van der Waals surface area contributed by atoms with Gasteiger partial charge in [0.25, 0.3) is 5.91 Å². The van der Waals surface area contributed by atoms with Gasteiger partial charge in [-0.3, -0.25) is 19.7 Å². The topological polar surface area (TPSA) is 105 Å². The van der Waals surface area contributed by atoms with Gasteiger partial charge in [-0.1, -0.05) is 18.2 Å². The van der Waals surface area contributed by atoms with Gasteiger partial charge in [0.15, 0.2) is 0 Å². The van der Waals surface area contributed by atoms with Crippen LogP contribution in [0.25, 0.3) is 0 Å². The van der Waals surface area contributed by atoms with E-state index >= 15 is 0 Å². The van der Waals surface area contributed by atoms with Gasteiger partial charge in [-0.05, 0) is 41.8 Å². The van der Waals surface area contributed by atoms with E-state index in [4.69, 9.17) is 5.73 Å². The molecule has 27 heavy (non-hydrogen) atoms. The van der Waals surface area contributed by atoms with Crippen LogP contribution in [0.15, 0.2) is 42.5 Å². The van der Waals surface area contributed by atoms with Crippen molar-refractivity contribution < 1.29 is 14.4 Å². The molecule has 7 heteroatoms. The molecule has 0 bridgehead atoms. The quantitative estimate of drug-likeness (QED) is 0.565. The number of carbonyl (C=O) groups is 3. The van der Waals surface area contributed by atoms with Gasteiger partial charge < -0.3 is 16.0 Å². The number of piperidine rings is 1. The Hall–Kier alpha value is -3.35. The van der Waals surface area contributed by atoms with Gasteiger partial charge in [0, 0.05) is 36.4 Å². The van der Waals surface area contributed by atoms with Crippen LogP contribution in [-0.2, 0) is 22.7 Å². The van der Waals surface area contributed by atoms with Crippen LogP contribution in [0.3, 0.4) is 0 Å². The zero-order valence-electron chi connectivity index (χ0n) is 14.7. The molecule has 0 radical (unpaired) electrons. The molecule has 3 amide bonds. The van der Waals surface area contributed by atoms with Gasteiger partial charge in [-0.2, -0.15) is 0 Å². The molecular formula is C20H20N4O3. The molecule has 0 aliphatic carbocycles. The van der Waals surface area contributed by atoms with E-state index in [9.17, 15) is 14.4 Å². The normalized spacial score (nSPS) is 19.0. The Kier molecular flexibility index (Phi) is 4.27. The molecule has 4 rings (SSSR count). The number of amides is 3. The van der Waals surface area contributed by atoms with E-state index < -0.39 is 11.9 Å². The molecule has 138 valence electrons. The van der Waals surface area contributed by atoms with Gasteiger partial charge in [0.1, 0.15) is 6.04 Å². The molecule has 2 aliphatic rings. The number of hydrogen-bond donors (Lipinski definition) is 3. The van der Waals surface area contributed by atoms with Crippen LogP contribution in [0.5, 0.6) is 0 Å². The third kappa shape index (κ3) is 3.36. The van der Waals surface area contributed by atoms with Crippen molar-refractivity contribution >= 4 is 29.1 Å². The van der Waals surface area contributed by atoms with Crippen molar-refractivity contribution in [1.82, 2.24) is 10.2 Å². The maximum atomic E-state index is 12.7. The number of hydrogen-bond acceptors (Lipinski definition) is 5. The van der Waals surface area contributed by atoms with Crippen LogP contribution in [0.2, 0.25) is 0 Å². The molecule has 0 aromatic heterocycles. The number of nitrogens with one attached hydrogen (secondary N) is 2. The van der Waals surface area contributed by atoms with Crippen molar-refractivity contribution in [3.63, 3.8) is 0 Å². The Labute approximate surface area is 156 Å². The molecule has 0 saturated carbocycles. The minimum absolute atomic E-state index is 0.158. The number of fused-ring (bicyclic) bond motifs is 1. The van der Waals surface area contributed by atoms with Crippen LogP contribution in [0.4, 0.5) is 11.4 Å². The third-order valence-electron chi connectivity index (χ3n) is 4.97. The zero-order valence-corrected chi connectivity index (χ0v) is 14.7. The lowest BCUT2D eigenvalue weighted by atomic mass is 10.0. The lowest BCUT2D eigenvalue weighted by Crippen LogP contribution is -2.52. The minimum Gasteiger partial charge on any atom is -0.399 e. The van der Waals surface area contributed by atoms with Crippen molar-refractivity contribution in [2.75, 3.05) is 11.1 Å². The molecule has 1 unspecified atom stereocenters. The van der Waals surface area contributed by atoms with E-state index in [1.807, 2.05) is 36.4 Å². The fraction of sp³-hybridized carbons (Fsp3) is 0.250. The number of rotatable bonds is 4. The predicted molar refractivity (Wildman–Crippen MR) is 101 cm³/mol. The molecule has 1 fully saturated rings. The van der Waals surface area contributed by atoms with Crippen LogP contribution < -0.4 is 16.4 Å². The molecule has 2 aromatic carbocycles. The molecule has 1 atom stereocenters. The van der Waals surface area contributed by atoms with Gasteiger partial charge in [0.05, 0.1) is 0 Å². The average molecular weight is 364 g/mol. The van der Waals surface area contributed by atoms with Crippen LogP contribution in [-0.4, -0.2) is 28.7 Å². The summed E-state index contributed by atoms with van der Waals surface area (Å²) in [5, 5.41) is 5.63. The van der Waals surface area contributed by atoms with Crippen LogP contribution in [0, 0.1) is 0 Å². The second kappa shape index (κ2) is 6.75. The number of anilines is 2. The van der Waals surface area contributed by atoms with Crippen LogP contribution in [0.1, 0.15) is 34.3 Å². The highest BCUT2D eigenvalue weighted by Gasteiger charge is 2.38. The van der Waals surface area contributed by atoms with Crippen molar-refractivity contribution in [3.8, 4) is 0 Å². The van der Waals surface area contributed by atoms with Gasteiger partial charge in [-0.15, -0.1) is 0 Å². The molecule has 2 aromatic rings. The highest BCUT2D eigenvalue weighted by Crippen LogP contribution is 2.28. The second-order valence-corrected chi connectivity index (χ2v) is 6.87.